The molecule has 1 aliphatic carbocycles. The van der Waals surface area contributed by atoms with Crippen LogP contribution < -0.4 is 5.32 Å². The molecule has 0 aromatic heterocycles. The molecule has 0 bridgehead atoms. The molecule has 1 heterocycles. The maximum Gasteiger partial charge on any atom is 0.335 e. The third-order valence-electron chi connectivity index (χ3n) is 5.79. The highest BCUT2D eigenvalue weighted by Gasteiger charge is 2.23. The van der Waals surface area contributed by atoms with Crippen LogP contribution in [0, 0.1) is 5.92 Å². The summed E-state index contributed by atoms with van der Waals surface area (Å²) in [6.45, 7) is 7.05. The SMILES string of the molecule is CC1CCC(NC(=O)CN2CCN(Cc3cccc(C(=O)O)c3)CC2)CC1. The summed E-state index contributed by atoms with van der Waals surface area (Å²) >= 11 is 0. The molecule has 1 aromatic rings. The van der Waals surface area contributed by atoms with Crippen LogP contribution in [0.2, 0.25) is 0 Å². The first-order chi connectivity index (χ1) is 13.0. The maximum absolute atomic E-state index is 12.3. The van der Waals surface area contributed by atoms with Crippen molar-refractivity contribution in [2.45, 2.75) is 45.2 Å². The number of nitrogens with one attached hydrogen (secondary N) is 1. The van der Waals surface area contributed by atoms with Crippen LogP contribution in [0.25, 0.3) is 0 Å². The molecule has 1 aliphatic heterocycles. The van der Waals surface area contributed by atoms with E-state index in [9.17, 15) is 9.59 Å². The summed E-state index contributed by atoms with van der Waals surface area (Å²) < 4.78 is 0. The van der Waals surface area contributed by atoms with Gasteiger partial charge in [-0.2, -0.15) is 0 Å². The predicted molar refractivity (Wildman–Crippen MR) is 105 cm³/mol. The molecule has 1 saturated heterocycles. The van der Waals surface area contributed by atoms with Crippen LogP contribution >= 0.6 is 0 Å². The molecule has 1 amide bonds. The van der Waals surface area contributed by atoms with Gasteiger partial charge in [0.25, 0.3) is 0 Å². The molecule has 0 spiro atoms. The predicted octanol–water partition coefficient (Wildman–Crippen LogP) is 2.20. The number of amides is 1. The average molecular weight is 373 g/mol. The number of aromatic carboxylic acids is 1. The smallest absolute Gasteiger partial charge is 0.335 e. The van der Waals surface area contributed by atoms with Crippen molar-refractivity contribution >= 4 is 11.9 Å². The highest BCUT2D eigenvalue weighted by atomic mass is 16.4. The van der Waals surface area contributed by atoms with Gasteiger partial charge in [-0.15, -0.1) is 0 Å². The summed E-state index contributed by atoms with van der Waals surface area (Å²) in [6.07, 6.45) is 4.64. The quantitative estimate of drug-likeness (QED) is 0.800. The topological polar surface area (TPSA) is 72.9 Å². The number of rotatable bonds is 6. The third kappa shape index (κ3) is 6.04. The molecular weight excluding hydrogens is 342 g/mol. The van der Waals surface area contributed by atoms with Crippen LogP contribution in [0.5, 0.6) is 0 Å². The molecule has 6 nitrogen and oxygen atoms in total. The van der Waals surface area contributed by atoms with Crippen molar-refractivity contribution in [1.29, 1.82) is 0 Å². The largest absolute Gasteiger partial charge is 0.478 e. The molecule has 1 aromatic carbocycles. The second kappa shape index (κ2) is 9.33. The maximum atomic E-state index is 12.3. The second-order valence-corrected chi connectivity index (χ2v) is 8.08. The Hall–Kier alpha value is -1.92. The Balaban J connectivity index is 1.39. The van der Waals surface area contributed by atoms with Gasteiger partial charge in [0.1, 0.15) is 0 Å². The molecule has 27 heavy (non-hydrogen) atoms. The number of carbonyl (C=O) groups excluding carboxylic acids is 1. The molecule has 148 valence electrons. The molecule has 0 radical (unpaired) electrons. The molecule has 0 atom stereocenters. The fourth-order valence-corrected chi connectivity index (χ4v) is 4.05. The number of benzene rings is 1. The molecule has 3 rings (SSSR count). The van der Waals surface area contributed by atoms with Crippen molar-refractivity contribution in [2.75, 3.05) is 32.7 Å². The standard InChI is InChI=1S/C21H31N3O3/c1-16-5-7-19(8-6-16)22-20(25)15-24-11-9-23(10-12-24)14-17-3-2-4-18(13-17)21(26)27/h2-4,13,16,19H,5-12,14-15H2,1H3,(H,22,25)(H,26,27). The summed E-state index contributed by atoms with van der Waals surface area (Å²) in [6, 6.07) is 7.49. The molecular formula is C21H31N3O3. The van der Waals surface area contributed by atoms with Crippen molar-refractivity contribution in [1.82, 2.24) is 15.1 Å². The minimum Gasteiger partial charge on any atom is -0.478 e. The van der Waals surface area contributed by atoms with Crippen LogP contribution in [-0.4, -0.2) is 65.5 Å². The van der Waals surface area contributed by atoms with Gasteiger partial charge in [-0.25, -0.2) is 4.79 Å². The van der Waals surface area contributed by atoms with Gasteiger partial charge >= 0.3 is 5.97 Å². The number of carbonyl (C=O) groups is 2. The second-order valence-electron chi connectivity index (χ2n) is 8.08. The number of nitrogens with zero attached hydrogens (tertiary/aromatic N) is 2. The molecule has 0 unspecified atom stereocenters. The first-order valence-electron chi connectivity index (χ1n) is 10.1. The Morgan fingerprint density at radius 1 is 1.07 bits per heavy atom. The average Bonchev–Trinajstić information content (AvgIpc) is 2.65. The Labute approximate surface area is 161 Å². The number of carboxylic acid groups (broad SMARTS) is 1. The Morgan fingerprint density at radius 2 is 1.74 bits per heavy atom. The summed E-state index contributed by atoms with van der Waals surface area (Å²) in [7, 11) is 0. The normalized spacial score (nSPS) is 24.5. The number of piperazine rings is 1. The van der Waals surface area contributed by atoms with Gasteiger partial charge in [-0.3, -0.25) is 14.6 Å². The molecule has 1 saturated carbocycles. The van der Waals surface area contributed by atoms with E-state index in [0.717, 1.165) is 57.0 Å². The fraction of sp³-hybridized carbons (Fsp3) is 0.619. The van der Waals surface area contributed by atoms with Gasteiger partial charge in [0.2, 0.25) is 5.91 Å². The minimum absolute atomic E-state index is 0.150. The number of hydrogen-bond acceptors (Lipinski definition) is 4. The van der Waals surface area contributed by atoms with Crippen molar-refractivity contribution in [2.24, 2.45) is 5.92 Å². The van der Waals surface area contributed by atoms with E-state index < -0.39 is 5.97 Å². The van der Waals surface area contributed by atoms with Gasteiger partial charge in [-0.1, -0.05) is 19.1 Å². The highest BCUT2D eigenvalue weighted by molar-refractivity contribution is 5.87. The number of hydrogen-bond donors (Lipinski definition) is 2. The monoisotopic (exact) mass is 373 g/mol. The van der Waals surface area contributed by atoms with Gasteiger partial charge < -0.3 is 10.4 Å². The zero-order chi connectivity index (χ0) is 19.2. The van der Waals surface area contributed by atoms with E-state index in [4.69, 9.17) is 5.11 Å². The Kier molecular flexibility index (Phi) is 6.85. The fourth-order valence-electron chi connectivity index (χ4n) is 4.05. The summed E-state index contributed by atoms with van der Waals surface area (Å²) in [5, 5.41) is 12.3. The lowest BCUT2D eigenvalue weighted by atomic mass is 9.87. The van der Waals surface area contributed by atoms with E-state index in [-0.39, 0.29) is 5.91 Å². The molecule has 6 heteroatoms. The van der Waals surface area contributed by atoms with Crippen LogP contribution in [0.1, 0.15) is 48.5 Å². The first-order valence-corrected chi connectivity index (χ1v) is 10.1. The van der Waals surface area contributed by atoms with Gasteiger partial charge in [0, 0.05) is 38.8 Å². The molecule has 2 N–H and O–H groups in total. The lowest BCUT2D eigenvalue weighted by molar-refractivity contribution is -0.123. The van der Waals surface area contributed by atoms with Crippen LogP contribution in [0.3, 0.4) is 0 Å². The molecule has 2 aliphatic rings. The Bertz CT molecular complexity index is 648. The highest BCUT2D eigenvalue weighted by Crippen LogP contribution is 2.23. The van der Waals surface area contributed by atoms with E-state index in [2.05, 4.69) is 22.0 Å². The van der Waals surface area contributed by atoms with E-state index >= 15 is 0 Å². The van der Waals surface area contributed by atoms with E-state index in [1.807, 2.05) is 6.07 Å². The summed E-state index contributed by atoms with van der Waals surface area (Å²) in [4.78, 5) is 27.9. The van der Waals surface area contributed by atoms with Crippen molar-refractivity contribution in [3.8, 4) is 0 Å². The zero-order valence-electron chi connectivity index (χ0n) is 16.2. The van der Waals surface area contributed by atoms with Gasteiger partial charge in [-0.05, 0) is 49.3 Å². The first kappa shape index (κ1) is 19.8. The van der Waals surface area contributed by atoms with Gasteiger partial charge in [0.05, 0.1) is 12.1 Å². The zero-order valence-corrected chi connectivity index (χ0v) is 16.2. The lowest BCUT2D eigenvalue weighted by Crippen LogP contribution is -2.50. The van der Waals surface area contributed by atoms with E-state index in [1.165, 1.54) is 12.8 Å². The minimum atomic E-state index is -0.889. The third-order valence-corrected chi connectivity index (χ3v) is 5.79. The van der Waals surface area contributed by atoms with E-state index in [0.29, 0.717) is 18.2 Å². The Morgan fingerprint density at radius 3 is 2.41 bits per heavy atom. The summed E-state index contributed by atoms with van der Waals surface area (Å²) in [5.41, 5.74) is 1.35. The van der Waals surface area contributed by atoms with Crippen molar-refractivity contribution in [3.63, 3.8) is 0 Å². The van der Waals surface area contributed by atoms with Crippen molar-refractivity contribution in [3.05, 3.63) is 35.4 Å². The summed E-state index contributed by atoms with van der Waals surface area (Å²) in [5.74, 6) is 0.0553. The lowest BCUT2D eigenvalue weighted by Gasteiger charge is -2.35. The molecule has 2 fully saturated rings. The van der Waals surface area contributed by atoms with Crippen molar-refractivity contribution < 1.29 is 14.7 Å². The van der Waals surface area contributed by atoms with Gasteiger partial charge in [0.15, 0.2) is 0 Å². The van der Waals surface area contributed by atoms with Crippen LogP contribution in [-0.2, 0) is 11.3 Å². The number of carboxylic acids is 1. The van der Waals surface area contributed by atoms with Crippen LogP contribution in [0.4, 0.5) is 0 Å². The van der Waals surface area contributed by atoms with Crippen LogP contribution in [0.15, 0.2) is 24.3 Å². The van der Waals surface area contributed by atoms with E-state index in [1.54, 1.807) is 18.2 Å².